The van der Waals surface area contributed by atoms with Gasteiger partial charge >= 0.3 is 0 Å². The summed E-state index contributed by atoms with van der Waals surface area (Å²) in [6.45, 7) is 0.616. The zero-order valence-corrected chi connectivity index (χ0v) is 11.8. The van der Waals surface area contributed by atoms with Crippen LogP contribution in [0.4, 0.5) is 5.69 Å². The van der Waals surface area contributed by atoms with Gasteiger partial charge in [0.1, 0.15) is 0 Å². The number of rotatable bonds is 4. The van der Waals surface area contributed by atoms with Crippen LogP contribution in [0.15, 0.2) is 23.1 Å². The van der Waals surface area contributed by atoms with E-state index in [2.05, 4.69) is 10.6 Å². The molecule has 0 bridgehead atoms. The van der Waals surface area contributed by atoms with E-state index in [4.69, 9.17) is 0 Å². The highest BCUT2D eigenvalue weighted by atomic mass is 32.2. The fraction of sp³-hybridized carbons (Fsp3) is 0.429. The van der Waals surface area contributed by atoms with Crippen molar-refractivity contribution in [2.24, 2.45) is 5.41 Å². The number of benzene rings is 1. The Morgan fingerprint density at radius 1 is 1.45 bits per heavy atom. The molecule has 2 aliphatic rings. The molecule has 0 saturated heterocycles. The Morgan fingerprint density at radius 3 is 2.95 bits per heavy atom. The van der Waals surface area contributed by atoms with E-state index in [1.165, 1.54) is 11.8 Å². The number of fused-ring (bicyclic) bond motifs is 1. The molecule has 1 aliphatic carbocycles. The van der Waals surface area contributed by atoms with Gasteiger partial charge in [0.05, 0.1) is 18.0 Å². The van der Waals surface area contributed by atoms with E-state index in [1.807, 2.05) is 6.07 Å². The lowest BCUT2D eigenvalue weighted by atomic mass is 10.1. The molecule has 6 heteroatoms. The van der Waals surface area contributed by atoms with Gasteiger partial charge in [-0.15, -0.1) is 11.8 Å². The Bertz CT molecular complexity index is 570. The van der Waals surface area contributed by atoms with Crippen molar-refractivity contribution in [3.63, 3.8) is 0 Å². The minimum Gasteiger partial charge on any atom is -0.396 e. The third-order valence-electron chi connectivity index (χ3n) is 3.79. The fourth-order valence-electron chi connectivity index (χ4n) is 2.16. The summed E-state index contributed by atoms with van der Waals surface area (Å²) in [5, 5.41) is 14.8. The van der Waals surface area contributed by atoms with Crippen molar-refractivity contribution in [2.75, 3.05) is 24.2 Å². The molecule has 3 rings (SSSR count). The summed E-state index contributed by atoms with van der Waals surface area (Å²) in [7, 11) is 0. The van der Waals surface area contributed by atoms with E-state index in [1.54, 1.807) is 12.1 Å². The van der Waals surface area contributed by atoms with Crippen LogP contribution in [0.3, 0.4) is 0 Å². The Labute approximate surface area is 121 Å². The monoisotopic (exact) mass is 292 g/mol. The quantitative estimate of drug-likeness (QED) is 0.780. The number of hydrogen-bond acceptors (Lipinski definition) is 4. The molecule has 1 heterocycles. The second-order valence-corrected chi connectivity index (χ2v) is 6.41. The number of aliphatic hydroxyl groups excluding tert-OH is 1. The van der Waals surface area contributed by atoms with Gasteiger partial charge in [-0.05, 0) is 31.0 Å². The summed E-state index contributed by atoms with van der Waals surface area (Å²) < 4.78 is 0. The maximum Gasteiger partial charge on any atom is 0.251 e. The Hall–Kier alpha value is -1.53. The molecule has 5 nitrogen and oxygen atoms in total. The van der Waals surface area contributed by atoms with Crippen molar-refractivity contribution in [1.29, 1.82) is 0 Å². The highest BCUT2D eigenvalue weighted by molar-refractivity contribution is 8.00. The zero-order chi connectivity index (χ0) is 14.2. The summed E-state index contributed by atoms with van der Waals surface area (Å²) in [6.07, 6.45) is 1.92. The van der Waals surface area contributed by atoms with Crippen LogP contribution in [0.5, 0.6) is 0 Å². The molecule has 106 valence electrons. The molecule has 0 spiro atoms. The van der Waals surface area contributed by atoms with E-state index < -0.39 is 0 Å². The summed E-state index contributed by atoms with van der Waals surface area (Å²) in [4.78, 5) is 24.4. The molecule has 0 radical (unpaired) electrons. The van der Waals surface area contributed by atoms with Crippen LogP contribution in [0.1, 0.15) is 23.2 Å². The lowest BCUT2D eigenvalue weighted by molar-refractivity contribution is -0.113. The second kappa shape index (κ2) is 5.10. The average molecular weight is 292 g/mol. The average Bonchev–Trinajstić information content (AvgIpc) is 3.24. The topological polar surface area (TPSA) is 78.4 Å². The number of thioether (sulfide) groups is 1. The first-order valence-corrected chi connectivity index (χ1v) is 7.56. The van der Waals surface area contributed by atoms with Crippen LogP contribution in [-0.2, 0) is 4.79 Å². The van der Waals surface area contributed by atoms with Crippen LogP contribution < -0.4 is 10.6 Å². The highest BCUT2D eigenvalue weighted by Crippen LogP contribution is 2.44. The molecule has 1 aromatic rings. The number of hydrogen-bond donors (Lipinski definition) is 3. The van der Waals surface area contributed by atoms with E-state index in [0.29, 0.717) is 23.5 Å². The lowest BCUT2D eigenvalue weighted by Crippen LogP contribution is -2.32. The predicted octanol–water partition coefficient (Wildman–Crippen LogP) is 1.23. The summed E-state index contributed by atoms with van der Waals surface area (Å²) >= 11 is 1.47. The van der Waals surface area contributed by atoms with Gasteiger partial charge in [-0.3, -0.25) is 9.59 Å². The van der Waals surface area contributed by atoms with Crippen molar-refractivity contribution in [3.8, 4) is 0 Å². The van der Waals surface area contributed by atoms with Gasteiger partial charge in [0.2, 0.25) is 5.91 Å². The van der Waals surface area contributed by atoms with Crippen LogP contribution in [0.25, 0.3) is 0 Å². The standard InChI is InChI=1S/C14H16N2O3S/c17-8-14(3-4-14)7-15-13(19)9-1-2-11-10(5-9)16-12(18)6-20-11/h1-2,5,17H,3-4,6-8H2,(H,15,19)(H,16,18). The lowest BCUT2D eigenvalue weighted by Gasteiger charge is -2.17. The van der Waals surface area contributed by atoms with Gasteiger partial charge in [0, 0.05) is 22.4 Å². The van der Waals surface area contributed by atoms with Crippen molar-refractivity contribution < 1.29 is 14.7 Å². The van der Waals surface area contributed by atoms with Gasteiger partial charge < -0.3 is 15.7 Å². The molecular formula is C14H16N2O3S. The minimum atomic E-state index is -0.169. The number of nitrogens with one attached hydrogen (secondary N) is 2. The number of aliphatic hydroxyl groups is 1. The van der Waals surface area contributed by atoms with Crippen LogP contribution in [-0.4, -0.2) is 35.8 Å². The molecular weight excluding hydrogens is 276 g/mol. The molecule has 1 fully saturated rings. The summed E-state index contributed by atoms with van der Waals surface area (Å²) in [5.74, 6) is 0.201. The third-order valence-corrected chi connectivity index (χ3v) is 4.86. The molecule has 1 aromatic carbocycles. The van der Waals surface area contributed by atoms with Gasteiger partial charge in [-0.1, -0.05) is 0 Å². The zero-order valence-electron chi connectivity index (χ0n) is 10.9. The maximum absolute atomic E-state index is 12.1. The molecule has 2 amide bonds. The first kappa shape index (κ1) is 13.5. The molecule has 0 unspecified atom stereocenters. The minimum absolute atomic E-state index is 0.0442. The van der Waals surface area contributed by atoms with Gasteiger partial charge in [-0.2, -0.15) is 0 Å². The number of amides is 2. The second-order valence-electron chi connectivity index (χ2n) is 5.39. The first-order chi connectivity index (χ1) is 9.62. The molecule has 20 heavy (non-hydrogen) atoms. The fourth-order valence-corrected chi connectivity index (χ4v) is 2.95. The Balaban J connectivity index is 1.69. The number of carbonyl (C=O) groups excluding carboxylic acids is 2. The Morgan fingerprint density at radius 2 is 2.25 bits per heavy atom. The van der Waals surface area contributed by atoms with Crippen molar-refractivity contribution in [3.05, 3.63) is 23.8 Å². The van der Waals surface area contributed by atoms with Crippen LogP contribution in [0.2, 0.25) is 0 Å². The van der Waals surface area contributed by atoms with Crippen molar-refractivity contribution in [2.45, 2.75) is 17.7 Å². The predicted molar refractivity (Wildman–Crippen MR) is 76.9 cm³/mol. The van der Waals surface area contributed by atoms with E-state index in [9.17, 15) is 14.7 Å². The SMILES string of the molecule is O=C1CSc2ccc(C(=O)NCC3(CO)CC3)cc2N1. The summed E-state index contributed by atoms with van der Waals surface area (Å²) in [6, 6.07) is 5.32. The van der Waals surface area contributed by atoms with Crippen molar-refractivity contribution in [1.82, 2.24) is 5.32 Å². The van der Waals surface area contributed by atoms with Crippen LogP contribution in [0, 0.1) is 5.41 Å². The molecule has 0 aromatic heterocycles. The molecule has 1 aliphatic heterocycles. The van der Waals surface area contributed by atoms with Gasteiger partial charge in [0.25, 0.3) is 5.91 Å². The first-order valence-electron chi connectivity index (χ1n) is 6.58. The van der Waals surface area contributed by atoms with Crippen LogP contribution >= 0.6 is 11.8 Å². The normalized spacial score (nSPS) is 18.9. The van der Waals surface area contributed by atoms with Gasteiger partial charge in [0.15, 0.2) is 0 Å². The van der Waals surface area contributed by atoms with E-state index in [0.717, 1.165) is 17.7 Å². The molecule has 1 saturated carbocycles. The Kier molecular flexibility index (Phi) is 3.43. The number of carbonyl (C=O) groups is 2. The largest absolute Gasteiger partial charge is 0.396 e. The number of anilines is 1. The van der Waals surface area contributed by atoms with E-state index in [-0.39, 0.29) is 23.8 Å². The third kappa shape index (κ3) is 2.66. The van der Waals surface area contributed by atoms with Crippen molar-refractivity contribution >= 4 is 29.3 Å². The maximum atomic E-state index is 12.1. The molecule has 0 atom stereocenters. The van der Waals surface area contributed by atoms with E-state index >= 15 is 0 Å². The smallest absolute Gasteiger partial charge is 0.251 e. The molecule has 3 N–H and O–H groups in total. The van der Waals surface area contributed by atoms with Gasteiger partial charge in [-0.25, -0.2) is 0 Å². The summed E-state index contributed by atoms with van der Waals surface area (Å²) in [5.41, 5.74) is 1.12. The highest BCUT2D eigenvalue weighted by Gasteiger charge is 2.42.